The molecule has 3 rings (SSSR count). The van der Waals surface area contributed by atoms with E-state index in [1.807, 2.05) is 6.07 Å². The van der Waals surface area contributed by atoms with Crippen molar-refractivity contribution < 1.29 is 22.6 Å². The van der Waals surface area contributed by atoms with Crippen LogP contribution < -0.4 is 18.9 Å². The summed E-state index contributed by atoms with van der Waals surface area (Å²) in [4.78, 5) is 4.44. The number of methoxy groups -OCH3 is 3. The first-order valence-electron chi connectivity index (χ1n) is 8.72. The summed E-state index contributed by atoms with van der Waals surface area (Å²) in [7, 11) is 0.764. The van der Waals surface area contributed by atoms with E-state index in [-0.39, 0.29) is 16.6 Å². The minimum Gasteiger partial charge on any atom is -0.493 e. The van der Waals surface area contributed by atoms with E-state index in [0.29, 0.717) is 17.2 Å². The number of ether oxygens (including phenoxy) is 3. The molecule has 0 bridgehead atoms. The molecule has 0 aliphatic rings. The Balaban J connectivity index is 1.72. The molecule has 0 spiro atoms. The van der Waals surface area contributed by atoms with Crippen molar-refractivity contribution in [2.45, 2.75) is 4.90 Å². The van der Waals surface area contributed by atoms with Crippen molar-refractivity contribution in [2.24, 2.45) is 4.99 Å². The lowest BCUT2D eigenvalue weighted by Crippen LogP contribution is -2.14. The van der Waals surface area contributed by atoms with Gasteiger partial charge in [-0.25, -0.2) is 8.42 Å². The number of hydrogen-bond acceptors (Lipinski definition) is 8. The zero-order valence-electron chi connectivity index (χ0n) is 16.6. The fraction of sp³-hybridized carbons (Fsp3) is 0.150. The second-order valence-electron chi connectivity index (χ2n) is 5.93. The van der Waals surface area contributed by atoms with Crippen molar-refractivity contribution in [1.29, 1.82) is 0 Å². The first-order valence-corrected chi connectivity index (χ1v) is 10.2. The largest absolute Gasteiger partial charge is 0.493 e. The van der Waals surface area contributed by atoms with Crippen LogP contribution in [0, 0.1) is 0 Å². The fourth-order valence-electron chi connectivity index (χ4n) is 2.47. The zero-order chi connectivity index (χ0) is 21.6. The third kappa shape index (κ3) is 5.03. The molecule has 0 amide bonds. The maximum Gasteiger partial charge on any atom is 0.263 e. The molecule has 3 aromatic rings. The summed E-state index contributed by atoms with van der Waals surface area (Å²) in [5.41, 5.74) is 1.40. The third-order valence-electron chi connectivity index (χ3n) is 4.01. The lowest BCUT2D eigenvalue weighted by Gasteiger charge is -2.08. The second kappa shape index (κ2) is 9.23. The molecule has 9 nitrogen and oxygen atoms in total. The van der Waals surface area contributed by atoms with Gasteiger partial charge in [-0.15, -0.1) is 10.2 Å². The van der Waals surface area contributed by atoms with Gasteiger partial charge < -0.3 is 14.2 Å². The van der Waals surface area contributed by atoms with Gasteiger partial charge in [0.05, 0.1) is 31.9 Å². The van der Waals surface area contributed by atoms with Crippen molar-refractivity contribution in [3.05, 3.63) is 60.2 Å². The first-order chi connectivity index (χ1) is 14.4. The summed E-state index contributed by atoms with van der Waals surface area (Å²) in [5, 5.41) is 7.49. The van der Waals surface area contributed by atoms with E-state index >= 15 is 0 Å². The molecule has 0 fully saturated rings. The molecule has 0 saturated carbocycles. The number of benzene rings is 2. The lowest BCUT2D eigenvalue weighted by molar-refractivity contribution is 0.355. The molecule has 156 valence electrons. The van der Waals surface area contributed by atoms with Crippen LogP contribution >= 0.6 is 0 Å². The van der Waals surface area contributed by atoms with Gasteiger partial charge in [-0.05, 0) is 54.1 Å². The van der Waals surface area contributed by atoms with Crippen molar-refractivity contribution in [1.82, 2.24) is 10.2 Å². The molecule has 2 aromatic carbocycles. The van der Waals surface area contributed by atoms with Crippen molar-refractivity contribution in [3.8, 4) is 17.4 Å². The molecule has 0 aliphatic heterocycles. The topological polar surface area (TPSA) is 112 Å². The number of aliphatic imine (C=N–C) groups is 1. The normalized spacial score (nSPS) is 11.3. The first kappa shape index (κ1) is 21.1. The number of aromatic nitrogens is 2. The second-order valence-corrected chi connectivity index (χ2v) is 7.62. The van der Waals surface area contributed by atoms with E-state index in [1.165, 1.54) is 31.4 Å². The summed E-state index contributed by atoms with van der Waals surface area (Å²) in [5.74, 6) is 1.59. The number of nitrogens with zero attached hydrogens (tertiary/aromatic N) is 3. The quantitative estimate of drug-likeness (QED) is 0.549. The Kier molecular flexibility index (Phi) is 6.48. The Hall–Kier alpha value is -3.66. The maximum atomic E-state index is 12.5. The Labute approximate surface area is 174 Å². The Morgan fingerprint density at radius 1 is 0.867 bits per heavy atom. The highest BCUT2D eigenvalue weighted by Gasteiger charge is 2.15. The molecule has 0 aliphatic carbocycles. The number of sulfonamides is 1. The van der Waals surface area contributed by atoms with Gasteiger partial charge >= 0.3 is 0 Å². The SMILES string of the molecule is COc1ccc(NS(=O)(=O)c2ccc(N=Cc3ccc(OC)c(OC)c3)cc2)nn1. The minimum atomic E-state index is -3.81. The standard InChI is InChI=1S/C20H20N4O5S/c1-27-17-9-4-14(12-18(17)28-2)13-21-15-5-7-16(8-6-15)30(25,26)24-19-10-11-20(29-3)23-22-19/h4-13H,1-3H3,(H,22,24). The molecule has 30 heavy (non-hydrogen) atoms. The van der Waals surface area contributed by atoms with Crippen LogP contribution in [-0.2, 0) is 10.0 Å². The van der Waals surface area contributed by atoms with Gasteiger partial charge in [-0.3, -0.25) is 9.71 Å². The van der Waals surface area contributed by atoms with Crippen LogP contribution in [0.2, 0.25) is 0 Å². The maximum absolute atomic E-state index is 12.5. The van der Waals surface area contributed by atoms with Crippen LogP contribution in [0.5, 0.6) is 17.4 Å². The van der Waals surface area contributed by atoms with Gasteiger partial charge in [-0.1, -0.05) is 0 Å². The van der Waals surface area contributed by atoms with E-state index in [0.717, 1.165) is 5.56 Å². The van der Waals surface area contributed by atoms with Crippen LogP contribution in [0.3, 0.4) is 0 Å². The van der Waals surface area contributed by atoms with Crippen LogP contribution in [0.25, 0.3) is 0 Å². The van der Waals surface area contributed by atoms with Gasteiger partial charge in [0.1, 0.15) is 0 Å². The van der Waals surface area contributed by atoms with E-state index in [2.05, 4.69) is 19.9 Å². The van der Waals surface area contributed by atoms with Gasteiger partial charge in [0.25, 0.3) is 10.0 Å². The van der Waals surface area contributed by atoms with Crippen molar-refractivity contribution in [2.75, 3.05) is 26.1 Å². The molecule has 0 radical (unpaired) electrons. The number of hydrogen-bond donors (Lipinski definition) is 1. The molecule has 0 saturated heterocycles. The third-order valence-corrected chi connectivity index (χ3v) is 5.38. The van der Waals surface area contributed by atoms with Gasteiger partial charge in [0.15, 0.2) is 17.3 Å². The molecular weight excluding hydrogens is 408 g/mol. The van der Waals surface area contributed by atoms with Gasteiger partial charge in [0, 0.05) is 12.3 Å². The molecule has 1 heterocycles. The molecule has 0 atom stereocenters. The van der Waals surface area contributed by atoms with E-state index in [1.54, 1.807) is 44.7 Å². The van der Waals surface area contributed by atoms with Crippen molar-refractivity contribution in [3.63, 3.8) is 0 Å². The predicted octanol–water partition coefficient (Wildman–Crippen LogP) is 3.05. The van der Waals surface area contributed by atoms with Crippen LogP contribution in [-0.4, -0.2) is 46.2 Å². The van der Waals surface area contributed by atoms with E-state index in [4.69, 9.17) is 14.2 Å². The highest BCUT2D eigenvalue weighted by Crippen LogP contribution is 2.27. The molecule has 1 N–H and O–H groups in total. The number of anilines is 1. The number of rotatable bonds is 8. The summed E-state index contributed by atoms with van der Waals surface area (Å²) >= 11 is 0. The van der Waals surface area contributed by atoms with Crippen LogP contribution in [0.1, 0.15) is 5.56 Å². The lowest BCUT2D eigenvalue weighted by atomic mass is 10.2. The average molecular weight is 428 g/mol. The van der Waals surface area contributed by atoms with Gasteiger partial charge in [0.2, 0.25) is 5.88 Å². The Morgan fingerprint density at radius 3 is 2.20 bits per heavy atom. The summed E-state index contributed by atoms with van der Waals surface area (Å²) in [6.45, 7) is 0. The Morgan fingerprint density at radius 2 is 1.60 bits per heavy atom. The summed E-state index contributed by atoms with van der Waals surface area (Å²) in [6.07, 6.45) is 1.65. The van der Waals surface area contributed by atoms with Crippen molar-refractivity contribution >= 4 is 27.7 Å². The zero-order valence-corrected chi connectivity index (χ0v) is 17.4. The number of nitrogens with one attached hydrogen (secondary N) is 1. The predicted molar refractivity (Wildman–Crippen MR) is 113 cm³/mol. The van der Waals surface area contributed by atoms with Crippen LogP contribution in [0.15, 0.2) is 64.5 Å². The molecule has 0 unspecified atom stereocenters. The monoisotopic (exact) mass is 428 g/mol. The average Bonchev–Trinajstić information content (AvgIpc) is 2.78. The van der Waals surface area contributed by atoms with Gasteiger partial charge in [-0.2, -0.15) is 0 Å². The fourth-order valence-corrected chi connectivity index (χ4v) is 3.47. The Bertz CT molecular complexity index is 1130. The molecule has 1 aromatic heterocycles. The smallest absolute Gasteiger partial charge is 0.263 e. The highest BCUT2D eigenvalue weighted by atomic mass is 32.2. The molecule has 10 heteroatoms. The van der Waals surface area contributed by atoms with E-state index in [9.17, 15) is 8.42 Å². The highest BCUT2D eigenvalue weighted by molar-refractivity contribution is 7.92. The van der Waals surface area contributed by atoms with E-state index < -0.39 is 10.0 Å². The summed E-state index contributed by atoms with van der Waals surface area (Å²) in [6, 6.07) is 14.5. The molecular formula is C20H20N4O5S. The summed E-state index contributed by atoms with van der Waals surface area (Å²) < 4.78 is 42.7. The van der Waals surface area contributed by atoms with Crippen LogP contribution in [0.4, 0.5) is 11.5 Å². The minimum absolute atomic E-state index is 0.0742.